The third kappa shape index (κ3) is 3.64. The summed E-state index contributed by atoms with van der Waals surface area (Å²) in [6, 6.07) is -1.97. The lowest BCUT2D eigenvalue weighted by molar-refractivity contribution is -0.419. The molecule has 2 saturated heterocycles. The number of ketones is 1. The zero-order chi connectivity index (χ0) is 20.1. The van der Waals surface area contributed by atoms with E-state index in [1.165, 1.54) is 14.1 Å². The third-order valence-electron chi connectivity index (χ3n) is 5.13. The number of carbonyl (C=O) groups is 1. The zero-order valence-electron chi connectivity index (χ0n) is 14.9. The second kappa shape index (κ2) is 7.26. The summed E-state index contributed by atoms with van der Waals surface area (Å²) in [7, 11) is -1.94. The molecule has 9 atom stereocenters. The normalized spacial score (nSPS) is 48.0. The molecule has 0 aromatic rings. The van der Waals surface area contributed by atoms with Gasteiger partial charge in [0.2, 0.25) is 6.29 Å². The number of carbonyl (C=O) groups excluding carboxylic acids is 1. The molecule has 2 aliphatic heterocycles. The minimum absolute atomic E-state index is 0.107. The Morgan fingerprint density at radius 1 is 1.19 bits per heavy atom. The van der Waals surface area contributed by atoms with Crippen LogP contribution in [0.15, 0.2) is 0 Å². The van der Waals surface area contributed by atoms with E-state index >= 15 is 0 Å². The zero-order valence-corrected chi connectivity index (χ0v) is 15.8. The fourth-order valence-electron chi connectivity index (χ4n) is 3.92. The summed E-state index contributed by atoms with van der Waals surface area (Å²) in [5.74, 6) is -3.06. The molecule has 1 saturated carbocycles. The first-order valence-corrected chi connectivity index (χ1v) is 9.81. The molecule has 3 fully saturated rings. The summed E-state index contributed by atoms with van der Waals surface area (Å²) < 4.78 is 53.1. The van der Waals surface area contributed by atoms with E-state index in [2.05, 4.69) is 10.6 Å². The van der Waals surface area contributed by atoms with E-state index in [0.29, 0.717) is 0 Å². The van der Waals surface area contributed by atoms with Crippen molar-refractivity contribution in [3.05, 3.63) is 0 Å². The molecule has 5 N–H and O–H groups in total. The van der Waals surface area contributed by atoms with E-state index in [0.717, 1.165) is 0 Å². The highest BCUT2D eigenvalue weighted by molar-refractivity contribution is 7.80. The fraction of sp³-hybridized carbons (Fsp3) is 0.929. The van der Waals surface area contributed by atoms with Crippen LogP contribution in [0.4, 0.5) is 0 Å². The highest BCUT2D eigenvalue weighted by Gasteiger charge is 2.64. The Labute approximate surface area is 156 Å². The van der Waals surface area contributed by atoms with Crippen LogP contribution in [0.3, 0.4) is 0 Å². The van der Waals surface area contributed by atoms with Gasteiger partial charge in [0, 0.05) is 6.42 Å². The van der Waals surface area contributed by atoms with Gasteiger partial charge in [-0.1, -0.05) is 0 Å². The second-order valence-electron chi connectivity index (χ2n) is 6.89. The number of fused-ring (bicyclic) bond motifs is 2. The number of nitrogens with one attached hydrogen (secondary N) is 2. The van der Waals surface area contributed by atoms with Crippen LogP contribution >= 0.6 is 0 Å². The quantitative estimate of drug-likeness (QED) is 0.295. The highest BCUT2D eigenvalue weighted by atomic mass is 32.3. The first-order valence-electron chi connectivity index (χ1n) is 8.44. The van der Waals surface area contributed by atoms with E-state index in [-0.39, 0.29) is 6.42 Å². The lowest BCUT2D eigenvalue weighted by Gasteiger charge is -2.55. The van der Waals surface area contributed by atoms with Crippen molar-refractivity contribution in [3.63, 3.8) is 0 Å². The van der Waals surface area contributed by atoms with Gasteiger partial charge in [-0.2, -0.15) is 8.42 Å². The Balaban J connectivity index is 1.97. The number of hydrogen-bond donors (Lipinski definition) is 5. The predicted molar refractivity (Wildman–Crippen MR) is 86.8 cm³/mol. The van der Waals surface area contributed by atoms with Crippen LogP contribution < -0.4 is 10.6 Å². The van der Waals surface area contributed by atoms with Crippen LogP contribution in [0.5, 0.6) is 0 Å². The topological polar surface area (TPSA) is 173 Å². The Kier molecular flexibility index (Phi) is 5.64. The van der Waals surface area contributed by atoms with E-state index in [1.807, 2.05) is 0 Å². The molecule has 0 radical (unpaired) electrons. The maximum Gasteiger partial charge on any atom is 0.397 e. The van der Waals surface area contributed by atoms with Gasteiger partial charge in [0.15, 0.2) is 5.78 Å². The summed E-state index contributed by atoms with van der Waals surface area (Å²) in [6.07, 6.45) is -7.01. The Hall–Kier alpha value is -0.740. The van der Waals surface area contributed by atoms with Gasteiger partial charge in [-0.3, -0.25) is 9.35 Å². The molecule has 0 unspecified atom stereocenters. The smallest absolute Gasteiger partial charge is 0.389 e. The van der Waals surface area contributed by atoms with Crippen LogP contribution in [-0.4, -0.2) is 97.7 Å². The number of Topliss-reactive ketones (excluding diaryl/α,β-unsaturated/α-hetero) is 1. The van der Waals surface area contributed by atoms with E-state index in [1.54, 1.807) is 6.92 Å². The van der Waals surface area contributed by atoms with Gasteiger partial charge in [-0.15, -0.1) is 0 Å². The molecule has 0 aromatic carbocycles. The minimum atomic E-state index is -4.87. The number of ether oxygens (including phenoxy) is 3. The second-order valence-corrected chi connectivity index (χ2v) is 7.94. The molecule has 0 spiro atoms. The van der Waals surface area contributed by atoms with Crippen molar-refractivity contribution in [2.24, 2.45) is 0 Å². The molecule has 0 amide bonds. The Bertz CT molecular complexity index is 689. The Morgan fingerprint density at radius 2 is 1.81 bits per heavy atom. The first kappa shape index (κ1) is 21.0. The van der Waals surface area contributed by atoms with Gasteiger partial charge in [-0.05, 0) is 21.0 Å². The lowest BCUT2D eigenvalue weighted by atomic mass is 9.80. The molecular formula is C14H24N2O10S. The minimum Gasteiger partial charge on any atom is -0.389 e. The van der Waals surface area contributed by atoms with E-state index in [9.17, 15) is 23.4 Å². The molecule has 12 nitrogen and oxygen atoms in total. The molecule has 13 heteroatoms. The average molecular weight is 412 g/mol. The molecule has 3 rings (SSSR count). The number of aliphatic hydroxyl groups is 2. The lowest BCUT2D eigenvalue weighted by Crippen LogP contribution is -2.78. The van der Waals surface area contributed by atoms with Crippen molar-refractivity contribution in [2.75, 3.05) is 14.1 Å². The molecular weight excluding hydrogens is 388 g/mol. The summed E-state index contributed by atoms with van der Waals surface area (Å²) >= 11 is 0. The average Bonchev–Trinajstić information content (AvgIpc) is 2.54. The highest BCUT2D eigenvalue weighted by Crippen LogP contribution is 2.40. The molecule has 3 aliphatic rings. The summed E-state index contributed by atoms with van der Waals surface area (Å²) in [4.78, 5) is 12.3. The van der Waals surface area contributed by atoms with Crippen LogP contribution in [-0.2, 0) is 33.6 Å². The SMILES string of the molecule is CN[C@H]1[C@H](O)[C@H]2O[C@@H]3O[C@H](C)CC(=O)[C@]3(O)O[C@@H]2[C@@H](NC)[C@H]1OS(=O)(=O)O. The summed E-state index contributed by atoms with van der Waals surface area (Å²) in [5, 5.41) is 26.9. The van der Waals surface area contributed by atoms with Crippen LogP contribution in [0.1, 0.15) is 13.3 Å². The van der Waals surface area contributed by atoms with Gasteiger partial charge in [0.25, 0.3) is 5.79 Å². The van der Waals surface area contributed by atoms with Crippen molar-refractivity contribution in [3.8, 4) is 0 Å². The van der Waals surface area contributed by atoms with Crippen molar-refractivity contribution >= 4 is 16.2 Å². The number of likely N-dealkylation sites (N-methyl/N-ethyl adjacent to an activating group) is 2. The monoisotopic (exact) mass is 412 g/mol. The number of rotatable bonds is 4. The van der Waals surface area contributed by atoms with Crippen LogP contribution in [0, 0.1) is 0 Å². The number of hydrogen-bond acceptors (Lipinski definition) is 11. The number of aliphatic hydroxyl groups excluding tert-OH is 1. The van der Waals surface area contributed by atoms with Gasteiger partial charge in [0.1, 0.15) is 24.4 Å². The summed E-state index contributed by atoms with van der Waals surface area (Å²) in [5.41, 5.74) is 0. The molecule has 156 valence electrons. The standard InChI is InChI=1S/C14H24N2O10S/c1-5-4-6(17)14(19)13(23-5)24-12-9(18)7(15-2)10(26-27(20,21)22)8(16-3)11(12)25-14/h5,7-13,15-16,18-19H,4H2,1-3H3,(H,20,21,22)/t5-,7+,8+,9+,10+,11-,12-,13+,14+/m1/s1. The molecule has 0 bridgehead atoms. The largest absolute Gasteiger partial charge is 0.397 e. The van der Waals surface area contributed by atoms with Crippen LogP contribution in [0.2, 0.25) is 0 Å². The fourth-order valence-corrected chi connectivity index (χ4v) is 4.44. The van der Waals surface area contributed by atoms with Crippen molar-refractivity contribution in [1.82, 2.24) is 10.6 Å². The Morgan fingerprint density at radius 3 is 2.37 bits per heavy atom. The predicted octanol–water partition coefficient (Wildman–Crippen LogP) is -3.10. The molecule has 0 aromatic heterocycles. The van der Waals surface area contributed by atoms with Gasteiger partial charge in [-0.25, -0.2) is 4.18 Å². The van der Waals surface area contributed by atoms with Crippen LogP contribution in [0.25, 0.3) is 0 Å². The van der Waals surface area contributed by atoms with E-state index < -0.39 is 70.9 Å². The molecule has 1 aliphatic carbocycles. The van der Waals surface area contributed by atoms with Gasteiger partial charge >= 0.3 is 10.4 Å². The summed E-state index contributed by atoms with van der Waals surface area (Å²) in [6.45, 7) is 1.63. The maximum atomic E-state index is 12.3. The van der Waals surface area contributed by atoms with Gasteiger partial charge in [0.05, 0.1) is 18.2 Å². The molecule has 27 heavy (non-hydrogen) atoms. The first-order chi connectivity index (χ1) is 12.5. The maximum absolute atomic E-state index is 12.3. The van der Waals surface area contributed by atoms with E-state index in [4.69, 9.17) is 22.9 Å². The van der Waals surface area contributed by atoms with Crippen molar-refractivity contribution in [2.45, 2.75) is 68.0 Å². The molecule has 2 heterocycles. The third-order valence-corrected chi connectivity index (χ3v) is 5.60. The van der Waals surface area contributed by atoms with Gasteiger partial charge < -0.3 is 35.1 Å². The van der Waals surface area contributed by atoms with Crippen molar-refractivity contribution in [1.29, 1.82) is 0 Å². The van der Waals surface area contributed by atoms with Crippen molar-refractivity contribution < 1.29 is 46.4 Å².